The van der Waals surface area contributed by atoms with Gasteiger partial charge in [0.25, 0.3) is 5.91 Å². The molecule has 4 heterocycles. The molecule has 4 aromatic rings. The van der Waals surface area contributed by atoms with Crippen molar-refractivity contribution in [3.8, 4) is 5.69 Å². The Morgan fingerprint density at radius 2 is 1.86 bits per heavy atom. The van der Waals surface area contributed by atoms with Crippen LogP contribution in [0.2, 0.25) is 0 Å². The fourth-order valence-corrected chi connectivity index (χ4v) is 4.21. The zero-order valence-electron chi connectivity index (χ0n) is 23.0. The number of aromatic nitrogens is 5. The van der Waals surface area contributed by atoms with E-state index in [2.05, 4.69) is 46.3 Å². The number of benzene rings is 1. The van der Waals surface area contributed by atoms with Gasteiger partial charge in [-0.05, 0) is 37.3 Å². The summed E-state index contributed by atoms with van der Waals surface area (Å²) in [5, 5.41) is 5.82. The van der Waals surface area contributed by atoms with Crippen molar-refractivity contribution in [3.63, 3.8) is 0 Å². The number of hydrogen-bond acceptors (Lipinski definition) is 10. The first-order valence-electron chi connectivity index (χ1n) is 13.2. The quantitative estimate of drug-likeness (QED) is 0.157. The second kappa shape index (κ2) is 13.0. The van der Waals surface area contributed by atoms with Gasteiger partial charge >= 0.3 is 6.18 Å². The maximum absolute atomic E-state index is 14.2. The van der Waals surface area contributed by atoms with Crippen molar-refractivity contribution >= 4 is 29.0 Å². The normalized spacial score (nSPS) is 13.9. The van der Waals surface area contributed by atoms with Gasteiger partial charge in [0.1, 0.15) is 5.69 Å². The van der Waals surface area contributed by atoms with Crippen molar-refractivity contribution in [1.29, 1.82) is 0 Å². The van der Waals surface area contributed by atoms with Crippen LogP contribution in [0.5, 0.6) is 0 Å². The van der Waals surface area contributed by atoms with E-state index < -0.39 is 23.5 Å². The number of aryl methyl sites for hydroxylation is 1. The third-order valence-corrected chi connectivity index (χ3v) is 6.40. The van der Waals surface area contributed by atoms with Gasteiger partial charge in [-0.25, -0.2) is 19.3 Å². The molecule has 4 N–H and O–H groups in total. The predicted molar refractivity (Wildman–Crippen MR) is 150 cm³/mol. The van der Waals surface area contributed by atoms with Crippen LogP contribution in [0.3, 0.4) is 0 Å². The molecular weight excluding hydrogens is 572 g/mol. The molecule has 226 valence electrons. The molecule has 1 amide bonds. The monoisotopic (exact) mass is 600 g/mol. The standard InChI is InChI=1S/C27H28F4N10O2/c1-17-15-41(16-35-17)21-11-18(27(29,30)31)10-20(12-21)36-19-2-3-23(33-13-19)25(42)38-39-26-34-14-22(28)24(37-26)32-4-5-40-6-8-43-9-7-40/h2-3,10-16,36H,4-9H2,1H3,(H,38,42)(H2,32,34,37,39). The van der Waals surface area contributed by atoms with E-state index in [1.165, 1.54) is 35.3 Å². The number of hydrogen-bond donors (Lipinski definition) is 4. The summed E-state index contributed by atoms with van der Waals surface area (Å²) in [6, 6.07) is 6.42. The topological polar surface area (TPSA) is 134 Å². The van der Waals surface area contributed by atoms with Crippen LogP contribution in [-0.4, -0.2) is 74.7 Å². The molecule has 0 spiro atoms. The molecule has 0 bridgehead atoms. The molecule has 0 atom stereocenters. The summed E-state index contributed by atoms with van der Waals surface area (Å²) in [4.78, 5) is 30.8. The molecule has 0 aliphatic carbocycles. The number of amides is 1. The van der Waals surface area contributed by atoms with E-state index in [4.69, 9.17) is 4.74 Å². The van der Waals surface area contributed by atoms with Gasteiger partial charge in [-0.1, -0.05) is 0 Å². The first-order chi connectivity index (χ1) is 20.6. The van der Waals surface area contributed by atoms with Crippen LogP contribution in [0.25, 0.3) is 5.69 Å². The number of nitrogens with one attached hydrogen (secondary N) is 4. The fourth-order valence-electron chi connectivity index (χ4n) is 4.21. The smallest absolute Gasteiger partial charge is 0.379 e. The van der Waals surface area contributed by atoms with Crippen LogP contribution < -0.4 is 21.5 Å². The fraction of sp³-hybridized carbons (Fsp3) is 0.296. The summed E-state index contributed by atoms with van der Waals surface area (Å²) in [6.07, 6.45) is 0.761. The van der Waals surface area contributed by atoms with Gasteiger partial charge in [-0.15, -0.1) is 0 Å². The number of alkyl halides is 3. The number of nitrogens with zero attached hydrogens (tertiary/aromatic N) is 6. The molecule has 5 rings (SSSR count). The molecule has 0 radical (unpaired) electrons. The molecule has 1 aromatic carbocycles. The van der Waals surface area contributed by atoms with Crippen molar-refractivity contribution in [2.45, 2.75) is 13.1 Å². The molecule has 1 fully saturated rings. The molecule has 0 unspecified atom stereocenters. The number of carbonyl (C=O) groups is 1. The zero-order chi connectivity index (χ0) is 30.4. The molecule has 0 saturated carbocycles. The molecular formula is C27H28F4N10O2. The Balaban J connectivity index is 1.19. The van der Waals surface area contributed by atoms with Gasteiger partial charge in [0.15, 0.2) is 11.6 Å². The van der Waals surface area contributed by atoms with Gasteiger partial charge in [0.2, 0.25) is 5.95 Å². The molecule has 16 heteroatoms. The lowest BCUT2D eigenvalue weighted by Crippen LogP contribution is -2.39. The Labute approximate surface area is 243 Å². The largest absolute Gasteiger partial charge is 0.416 e. The zero-order valence-corrected chi connectivity index (χ0v) is 23.0. The first kappa shape index (κ1) is 29.7. The minimum Gasteiger partial charge on any atom is -0.379 e. The third-order valence-electron chi connectivity index (χ3n) is 6.40. The van der Waals surface area contributed by atoms with E-state index in [9.17, 15) is 22.4 Å². The minimum absolute atomic E-state index is 0.00245. The van der Waals surface area contributed by atoms with Gasteiger partial charge in [0, 0.05) is 43.8 Å². The van der Waals surface area contributed by atoms with Gasteiger partial charge in [-0.3, -0.25) is 20.5 Å². The molecule has 1 aliphatic heterocycles. The molecule has 1 saturated heterocycles. The first-order valence-corrected chi connectivity index (χ1v) is 13.2. The molecule has 43 heavy (non-hydrogen) atoms. The highest BCUT2D eigenvalue weighted by atomic mass is 19.4. The van der Waals surface area contributed by atoms with Crippen molar-refractivity contribution in [3.05, 3.63) is 78.0 Å². The van der Waals surface area contributed by atoms with Crippen molar-refractivity contribution < 1.29 is 27.1 Å². The predicted octanol–water partition coefficient (Wildman–Crippen LogP) is 3.77. The number of pyridine rings is 1. The Kier molecular flexibility index (Phi) is 8.96. The van der Waals surface area contributed by atoms with Gasteiger partial charge in [0.05, 0.1) is 48.9 Å². The Morgan fingerprint density at radius 1 is 1.05 bits per heavy atom. The minimum atomic E-state index is -4.57. The Morgan fingerprint density at radius 3 is 2.56 bits per heavy atom. The van der Waals surface area contributed by atoms with E-state index in [-0.39, 0.29) is 28.8 Å². The highest BCUT2D eigenvalue weighted by Crippen LogP contribution is 2.34. The number of morpholine rings is 1. The number of hydrazine groups is 1. The highest BCUT2D eigenvalue weighted by Gasteiger charge is 2.31. The number of ether oxygens (including phenoxy) is 1. The van der Waals surface area contributed by atoms with Crippen molar-refractivity contribution in [2.24, 2.45) is 0 Å². The second-order valence-electron chi connectivity index (χ2n) is 9.60. The summed E-state index contributed by atoms with van der Waals surface area (Å²) in [7, 11) is 0. The summed E-state index contributed by atoms with van der Waals surface area (Å²) in [5.41, 5.74) is 5.52. The summed E-state index contributed by atoms with van der Waals surface area (Å²) in [5.74, 6) is -1.35. The van der Waals surface area contributed by atoms with Crippen LogP contribution in [0.15, 0.2) is 55.2 Å². The number of carbonyl (C=O) groups excluding carboxylic acids is 1. The lowest BCUT2D eigenvalue weighted by Gasteiger charge is -2.26. The van der Waals surface area contributed by atoms with E-state index in [0.29, 0.717) is 37.7 Å². The number of rotatable bonds is 10. The van der Waals surface area contributed by atoms with Crippen molar-refractivity contribution in [1.82, 2.24) is 34.8 Å². The van der Waals surface area contributed by atoms with E-state index >= 15 is 0 Å². The van der Waals surface area contributed by atoms with Crippen LogP contribution in [0.1, 0.15) is 21.7 Å². The molecule has 1 aliphatic rings. The average Bonchev–Trinajstić information content (AvgIpc) is 3.44. The highest BCUT2D eigenvalue weighted by molar-refractivity contribution is 5.93. The average molecular weight is 601 g/mol. The lowest BCUT2D eigenvalue weighted by molar-refractivity contribution is -0.137. The number of imidazole rings is 1. The Hall–Kier alpha value is -4.83. The van der Waals surface area contributed by atoms with E-state index in [1.54, 1.807) is 13.1 Å². The number of anilines is 4. The summed E-state index contributed by atoms with van der Waals surface area (Å²) in [6.45, 7) is 5.79. The summed E-state index contributed by atoms with van der Waals surface area (Å²) >= 11 is 0. The van der Waals surface area contributed by atoms with Gasteiger partial charge in [-0.2, -0.15) is 18.2 Å². The van der Waals surface area contributed by atoms with Crippen molar-refractivity contribution in [2.75, 3.05) is 55.5 Å². The molecule has 3 aromatic heterocycles. The SMILES string of the molecule is Cc1cn(-c2cc(Nc3ccc(C(=O)NNc4ncc(F)c(NCCN5CCOCC5)n4)nc3)cc(C(F)(F)F)c2)cn1. The maximum atomic E-state index is 14.2. The van der Waals surface area contributed by atoms with Crippen LogP contribution in [-0.2, 0) is 10.9 Å². The third kappa shape index (κ3) is 7.92. The summed E-state index contributed by atoms with van der Waals surface area (Å²) < 4.78 is 61.7. The number of halogens is 4. The lowest BCUT2D eigenvalue weighted by atomic mass is 10.1. The van der Waals surface area contributed by atoms with Crippen LogP contribution >= 0.6 is 0 Å². The molecule has 12 nitrogen and oxygen atoms in total. The van der Waals surface area contributed by atoms with Crippen LogP contribution in [0.4, 0.5) is 40.7 Å². The van der Waals surface area contributed by atoms with E-state index in [0.717, 1.165) is 31.4 Å². The van der Waals surface area contributed by atoms with Gasteiger partial charge < -0.3 is 19.9 Å². The van der Waals surface area contributed by atoms with E-state index in [1.807, 2.05) is 0 Å². The Bertz CT molecular complexity index is 1560. The van der Waals surface area contributed by atoms with Crippen LogP contribution in [0, 0.1) is 12.7 Å². The maximum Gasteiger partial charge on any atom is 0.416 e. The second-order valence-corrected chi connectivity index (χ2v) is 9.60.